The molecule has 0 bridgehead atoms. The molecule has 0 spiro atoms. The van der Waals surface area contributed by atoms with Gasteiger partial charge in [-0.25, -0.2) is 5.84 Å². The van der Waals surface area contributed by atoms with Crippen LogP contribution >= 0.6 is 0 Å². The number of nitrogens with two attached hydrogens (primary N) is 1. The molecule has 0 aromatic heterocycles. The molecule has 1 rings (SSSR count). The van der Waals surface area contributed by atoms with Crippen molar-refractivity contribution in [2.45, 2.75) is 6.61 Å². The Balaban J connectivity index is 3.29. The van der Waals surface area contributed by atoms with Crippen LogP contribution in [0.25, 0.3) is 0 Å². The maximum Gasteiger partial charge on any atom is 0.0996 e. The maximum absolute atomic E-state index is 9.05. The van der Waals surface area contributed by atoms with Crippen molar-refractivity contribution in [2.24, 2.45) is 5.84 Å². The van der Waals surface area contributed by atoms with E-state index in [4.69, 9.17) is 16.2 Å². The van der Waals surface area contributed by atoms with E-state index in [1.54, 1.807) is 25.2 Å². The van der Waals surface area contributed by atoms with Crippen LogP contribution in [-0.2, 0) is 6.61 Å². The number of rotatable bonds is 2. The first kappa shape index (κ1) is 9.52. The van der Waals surface area contributed by atoms with Gasteiger partial charge in [0.25, 0.3) is 0 Å². The van der Waals surface area contributed by atoms with E-state index in [1.807, 2.05) is 6.07 Å². The van der Waals surface area contributed by atoms with Gasteiger partial charge in [0.1, 0.15) is 0 Å². The Hall–Kier alpha value is -1.57. The number of benzene rings is 1. The number of nitrogens with zero attached hydrogens (tertiary/aromatic N) is 2. The van der Waals surface area contributed by atoms with Crippen molar-refractivity contribution in [3.63, 3.8) is 0 Å². The van der Waals surface area contributed by atoms with Crippen molar-refractivity contribution >= 4 is 5.69 Å². The quantitative estimate of drug-likeness (QED) is 0.505. The Morgan fingerprint density at radius 3 is 2.77 bits per heavy atom. The van der Waals surface area contributed by atoms with Crippen LogP contribution in [0.15, 0.2) is 18.2 Å². The van der Waals surface area contributed by atoms with E-state index in [0.29, 0.717) is 16.8 Å². The predicted octanol–water partition coefficient (Wildman–Crippen LogP) is 0.360. The average molecular weight is 177 g/mol. The minimum absolute atomic E-state index is 0.180. The highest BCUT2D eigenvalue weighted by Gasteiger charge is 2.08. The number of aliphatic hydroxyl groups is 1. The lowest BCUT2D eigenvalue weighted by molar-refractivity contribution is 0.282. The molecule has 0 heterocycles. The summed E-state index contributed by atoms with van der Waals surface area (Å²) in [6, 6.07) is 7.14. The summed E-state index contributed by atoms with van der Waals surface area (Å²) in [7, 11) is 1.66. The van der Waals surface area contributed by atoms with Crippen LogP contribution in [0, 0.1) is 11.3 Å². The molecule has 0 fully saturated rings. The molecule has 4 nitrogen and oxygen atoms in total. The van der Waals surface area contributed by atoms with Crippen LogP contribution in [0.4, 0.5) is 5.69 Å². The monoisotopic (exact) mass is 177 g/mol. The molecule has 68 valence electrons. The zero-order valence-electron chi connectivity index (χ0n) is 7.36. The van der Waals surface area contributed by atoms with Gasteiger partial charge in [-0.3, -0.25) is 0 Å². The number of aliphatic hydroxyl groups excluding tert-OH is 1. The summed E-state index contributed by atoms with van der Waals surface area (Å²) in [6.45, 7) is -0.180. The van der Waals surface area contributed by atoms with E-state index in [2.05, 4.69) is 0 Å². The van der Waals surface area contributed by atoms with Crippen molar-refractivity contribution in [2.75, 3.05) is 12.1 Å². The molecule has 0 aliphatic heterocycles. The van der Waals surface area contributed by atoms with Gasteiger partial charge in [0.15, 0.2) is 0 Å². The molecule has 0 amide bonds. The van der Waals surface area contributed by atoms with E-state index in [1.165, 1.54) is 5.01 Å². The fourth-order valence-electron chi connectivity index (χ4n) is 1.18. The van der Waals surface area contributed by atoms with Gasteiger partial charge >= 0.3 is 0 Å². The number of nitriles is 1. The van der Waals surface area contributed by atoms with Crippen LogP contribution in [0.2, 0.25) is 0 Å². The largest absolute Gasteiger partial charge is 0.392 e. The topological polar surface area (TPSA) is 73.3 Å². The predicted molar refractivity (Wildman–Crippen MR) is 49.7 cm³/mol. The Morgan fingerprint density at radius 1 is 1.62 bits per heavy atom. The van der Waals surface area contributed by atoms with Crippen LogP contribution in [0.5, 0.6) is 0 Å². The molecular formula is C9H11N3O. The smallest absolute Gasteiger partial charge is 0.0996 e. The molecule has 1 aromatic rings. The third-order valence-corrected chi connectivity index (χ3v) is 1.81. The molecule has 0 aliphatic carbocycles. The number of hydrogen-bond donors (Lipinski definition) is 2. The number of hydrazine groups is 1. The highest BCUT2D eigenvalue weighted by Crippen LogP contribution is 2.20. The Kier molecular flexibility index (Phi) is 2.85. The molecule has 0 atom stereocenters. The maximum atomic E-state index is 9.05. The summed E-state index contributed by atoms with van der Waals surface area (Å²) < 4.78 is 0. The molecule has 3 N–H and O–H groups in total. The van der Waals surface area contributed by atoms with Gasteiger partial charge in [0.05, 0.1) is 23.9 Å². The second-order valence-corrected chi connectivity index (χ2v) is 2.68. The zero-order chi connectivity index (χ0) is 9.84. The molecule has 0 saturated heterocycles. The van der Waals surface area contributed by atoms with Gasteiger partial charge in [-0.2, -0.15) is 5.26 Å². The lowest BCUT2D eigenvalue weighted by atomic mass is 10.1. The fraction of sp³-hybridized carbons (Fsp3) is 0.222. The van der Waals surface area contributed by atoms with E-state index in [-0.39, 0.29) is 6.61 Å². The molecule has 4 heteroatoms. The Morgan fingerprint density at radius 2 is 2.31 bits per heavy atom. The minimum atomic E-state index is -0.180. The molecule has 0 unspecified atom stereocenters. The van der Waals surface area contributed by atoms with Crippen molar-refractivity contribution < 1.29 is 5.11 Å². The molecule has 0 saturated carbocycles. The number of anilines is 1. The lowest BCUT2D eigenvalue weighted by Crippen LogP contribution is -2.26. The van der Waals surface area contributed by atoms with Gasteiger partial charge in [0.2, 0.25) is 0 Å². The zero-order valence-corrected chi connectivity index (χ0v) is 7.36. The van der Waals surface area contributed by atoms with Gasteiger partial charge < -0.3 is 10.1 Å². The average Bonchev–Trinajstić information content (AvgIpc) is 2.16. The molecule has 13 heavy (non-hydrogen) atoms. The Bertz CT molecular complexity index is 341. The summed E-state index contributed by atoms with van der Waals surface area (Å²) in [5, 5.41) is 19.2. The SMILES string of the molecule is CN(N)c1cccc(C#N)c1CO. The van der Waals surface area contributed by atoms with Crippen LogP contribution in [0.3, 0.4) is 0 Å². The standard InChI is InChI=1S/C9H11N3O/c1-12(11)9-4-2-3-7(5-10)8(9)6-13/h2-4,13H,6,11H2,1H3. The third-order valence-electron chi connectivity index (χ3n) is 1.81. The van der Waals surface area contributed by atoms with Crippen molar-refractivity contribution in [1.82, 2.24) is 0 Å². The summed E-state index contributed by atoms with van der Waals surface area (Å²) in [6.07, 6.45) is 0. The molecule has 0 radical (unpaired) electrons. The summed E-state index contributed by atoms with van der Waals surface area (Å²) >= 11 is 0. The number of hydrogen-bond acceptors (Lipinski definition) is 4. The van der Waals surface area contributed by atoms with Gasteiger partial charge in [0, 0.05) is 12.6 Å². The second-order valence-electron chi connectivity index (χ2n) is 2.68. The van der Waals surface area contributed by atoms with Crippen LogP contribution in [0.1, 0.15) is 11.1 Å². The summed E-state index contributed by atoms with van der Waals surface area (Å²) in [4.78, 5) is 0. The van der Waals surface area contributed by atoms with Crippen LogP contribution < -0.4 is 10.9 Å². The summed E-state index contributed by atoms with van der Waals surface area (Å²) in [5.74, 6) is 5.53. The van der Waals surface area contributed by atoms with Crippen LogP contribution in [-0.4, -0.2) is 12.2 Å². The molecule has 1 aromatic carbocycles. The van der Waals surface area contributed by atoms with E-state index in [9.17, 15) is 0 Å². The molecule has 0 aliphatic rings. The first-order chi connectivity index (χ1) is 6.20. The molecular weight excluding hydrogens is 166 g/mol. The van der Waals surface area contributed by atoms with Gasteiger partial charge in [-0.15, -0.1) is 0 Å². The summed E-state index contributed by atoms with van der Waals surface area (Å²) in [5.41, 5.74) is 1.69. The normalized spacial score (nSPS) is 9.38. The van der Waals surface area contributed by atoms with Gasteiger partial charge in [-0.05, 0) is 12.1 Å². The van der Waals surface area contributed by atoms with E-state index >= 15 is 0 Å². The second kappa shape index (κ2) is 3.90. The Labute approximate surface area is 76.8 Å². The van der Waals surface area contributed by atoms with Crippen molar-refractivity contribution in [3.05, 3.63) is 29.3 Å². The van der Waals surface area contributed by atoms with E-state index < -0.39 is 0 Å². The minimum Gasteiger partial charge on any atom is -0.392 e. The first-order valence-corrected chi connectivity index (χ1v) is 3.82. The lowest BCUT2D eigenvalue weighted by Gasteiger charge is -2.16. The fourth-order valence-corrected chi connectivity index (χ4v) is 1.18. The third kappa shape index (κ3) is 1.78. The van der Waals surface area contributed by atoms with Crippen molar-refractivity contribution in [3.8, 4) is 6.07 Å². The van der Waals surface area contributed by atoms with Gasteiger partial charge in [-0.1, -0.05) is 6.07 Å². The highest BCUT2D eigenvalue weighted by molar-refractivity contribution is 5.58. The first-order valence-electron chi connectivity index (χ1n) is 3.82. The van der Waals surface area contributed by atoms with E-state index in [0.717, 1.165) is 0 Å². The van der Waals surface area contributed by atoms with Crippen molar-refractivity contribution in [1.29, 1.82) is 5.26 Å². The highest BCUT2D eigenvalue weighted by atomic mass is 16.3.